The average Bonchev–Trinajstić information content (AvgIpc) is 2.77. The Hall–Kier alpha value is -2.84. The van der Waals surface area contributed by atoms with Crippen LogP contribution >= 0.6 is 0 Å². The molecular weight excluding hydrogens is 416 g/mol. The molecule has 1 aliphatic rings. The molecule has 2 N–H and O–H groups in total. The van der Waals surface area contributed by atoms with Crippen LogP contribution in [0.1, 0.15) is 29.8 Å². The van der Waals surface area contributed by atoms with Gasteiger partial charge in [0.05, 0.1) is 13.2 Å². The number of rotatable bonds is 8. The summed E-state index contributed by atoms with van der Waals surface area (Å²) in [4.78, 5) is 27.6. The van der Waals surface area contributed by atoms with Crippen molar-refractivity contribution in [3.05, 3.63) is 65.2 Å². The molecule has 1 aliphatic heterocycles. The second-order valence-corrected chi connectivity index (χ2v) is 8.18. The maximum absolute atomic E-state index is 13.9. The first-order valence-electron chi connectivity index (χ1n) is 10.8. The van der Waals surface area contributed by atoms with Crippen LogP contribution < -0.4 is 10.6 Å². The SMILES string of the molecule is CC(C)C(NC(=O)c1c(F)cccc1F)C(=O)Nc1ccc(CCN2CCOCC2)cc1. The number of nitrogens with zero attached hydrogens (tertiary/aromatic N) is 1. The molecule has 32 heavy (non-hydrogen) atoms. The summed E-state index contributed by atoms with van der Waals surface area (Å²) < 4.78 is 33.2. The van der Waals surface area contributed by atoms with Crippen LogP contribution in [0.3, 0.4) is 0 Å². The van der Waals surface area contributed by atoms with E-state index < -0.39 is 35.1 Å². The van der Waals surface area contributed by atoms with Gasteiger partial charge in [-0.2, -0.15) is 0 Å². The first kappa shape index (κ1) is 23.8. The standard InChI is InChI=1S/C24H29F2N3O3/c1-16(2)22(28-23(30)21-19(25)4-3-5-20(21)26)24(31)27-18-8-6-17(7-9-18)10-11-29-12-14-32-15-13-29/h3-9,16,22H,10-15H2,1-2H3,(H,27,31)(H,28,30). The van der Waals surface area contributed by atoms with Crippen LogP contribution in [0.5, 0.6) is 0 Å². The summed E-state index contributed by atoms with van der Waals surface area (Å²) in [6, 6.07) is 9.75. The summed E-state index contributed by atoms with van der Waals surface area (Å²) in [7, 11) is 0. The number of nitrogens with one attached hydrogen (secondary N) is 2. The molecule has 1 atom stereocenters. The lowest BCUT2D eigenvalue weighted by atomic mass is 10.0. The molecule has 0 saturated carbocycles. The van der Waals surface area contributed by atoms with E-state index >= 15 is 0 Å². The number of ether oxygens (including phenoxy) is 1. The van der Waals surface area contributed by atoms with Gasteiger partial charge in [0.1, 0.15) is 23.2 Å². The fraction of sp³-hybridized carbons (Fsp3) is 0.417. The quantitative estimate of drug-likeness (QED) is 0.655. The van der Waals surface area contributed by atoms with E-state index in [1.807, 2.05) is 24.3 Å². The average molecular weight is 446 g/mol. The number of anilines is 1. The summed E-state index contributed by atoms with van der Waals surface area (Å²) in [6.07, 6.45) is 0.896. The number of amides is 2. The topological polar surface area (TPSA) is 70.7 Å². The maximum atomic E-state index is 13.9. The molecule has 172 valence electrons. The van der Waals surface area contributed by atoms with Crippen molar-refractivity contribution in [2.24, 2.45) is 5.92 Å². The van der Waals surface area contributed by atoms with Crippen LogP contribution in [0, 0.1) is 17.6 Å². The highest BCUT2D eigenvalue weighted by Gasteiger charge is 2.27. The Morgan fingerprint density at radius 2 is 1.66 bits per heavy atom. The van der Waals surface area contributed by atoms with Crippen LogP contribution in [0.4, 0.5) is 14.5 Å². The number of morpholine rings is 1. The molecule has 2 aromatic carbocycles. The first-order chi connectivity index (χ1) is 15.3. The zero-order valence-electron chi connectivity index (χ0n) is 18.4. The first-order valence-corrected chi connectivity index (χ1v) is 10.8. The molecule has 0 spiro atoms. The molecular formula is C24H29F2N3O3. The highest BCUT2D eigenvalue weighted by molar-refractivity contribution is 6.01. The Balaban J connectivity index is 1.58. The van der Waals surface area contributed by atoms with Crippen molar-refractivity contribution >= 4 is 17.5 Å². The molecule has 0 aliphatic carbocycles. The highest BCUT2D eigenvalue weighted by atomic mass is 19.1. The largest absolute Gasteiger partial charge is 0.379 e. The molecule has 2 amide bonds. The van der Waals surface area contributed by atoms with Crippen molar-refractivity contribution in [1.82, 2.24) is 10.2 Å². The minimum Gasteiger partial charge on any atom is -0.379 e. The van der Waals surface area contributed by atoms with Gasteiger partial charge in [-0.15, -0.1) is 0 Å². The minimum atomic E-state index is -0.974. The monoisotopic (exact) mass is 445 g/mol. The van der Waals surface area contributed by atoms with Crippen LogP contribution in [0.25, 0.3) is 0 Å². The molecule has 0 radical (unpaired) electrons. The molecule has 1 fully saturated rings. The molecule has 1 heterocycles. The van der Waals surface area contributed by atoms with Gasteiger partial charge in [0.15, 0.2) is 0 Å². The van der Waals surface area contributed by atoms with Crippen molar-refractivity contribution in [3.8, 4) is 0 Å². The Kier molecular flexibility index (Phi) is 8.30. The normalized spacial score (nSPS) is 15.4. The summed E-state index contributed by atoms with van der Waals surface area (Å²) in [5.41, 5.74) is 1.04. The molecule has 6 nitrogen and oxygen atoms in total. The summed E-state index contributed by atoms with van der Waals surface area (Å²) >= 11 is 0. The van der Waals surface area contributed by atoms with E-state index in [1.54, 1.807) is 13.8 Å². The van der Waals surface area contributed by atoms with Crippen LogP contribution in [0.2, 0.25) is 0 Å². The predicted octanol–water partition coefficient (Wildman–Crippen LogP) is 3.23. The van der Waals surface area contributed by atoms with Gasteiger partial charge in [0.2, 0.25) is 5.91 Å². The lowest BCUT2D eigenvalue weighted by Gasteiger charge is -2.26. The van der Waals surface area contributed by atoms with E-state index in [0.29, 0.717) is 5.69 Å². The van der Waals surface area contributed by atoms with Crippen LogP contribution in [-0.2, 0) is 16.0 Å². The molecule has 0 aromatic heterocycles. The zero-order valence-corrected chi connectivity index (χ0v) is 18.4. The zero-order chi connectivity index (χ0) is 23.1. The number of carbonyl (C=O) groups excluding carboxylic acids is 2. The van der Waals surface area contributed by atoms with Gasteiger partial charge in [-0.1, -0.05) is 32.0 Å². The number of hydrogen-bond donors (Lipinski definition) is 2. The Morgan fingerprint density at radius 1 is 1.03 bits per heavy atom. The van der Waals surface area contributed by atoms with Crippen molar-refractivity contribution in [2.45, 2.75) is 26.3 Å². The van der Waals surface area contributed by atoms with Crippen molar-refractivity contribution in [2.75, 3.05) is 38.2 Å². The van der Waals surface area contributed by atoms with E-state index in [1.165, 1.54) is 6.07 Å². The van der Waals surface area contributed by atoms with Crippen LogP contribution in [-0.4, -0.2) is 55.6 Å². The van der Waals surface area contributed by atoms with Gasteiger partial charge >= 0.3 is 0 Å². The molecule has 1 unspecified atom stereocenters. The van der Waals surface area contributed by atoms with E-state index in [4.69, 9.17) is 4.74 Å². The maximum Gasteiger partial charge on any atom is 0.257 e. The minimum absolute atomic E-state index is 0.290. The van der Waals surface area contributed by atoms with E-state index in [9.17, 15) is 18.4 Å². The number of hydrogen-bond acceptors (Lipinski definition) is 4. The predicted molar refractivity (Wildman–Crippen MR) is 118 cm³/mol. The summed E-state index contributed by atoms with van der Waals surface area (Å²) in [6.45, 7) is 7.85. The lowest BCUT2D eigenvalue weighted by molar-refractivity contribution is -0.118. The van der Waals surface area contributed by atoms with Gasteiger partial charge in [0.25, 0.3) is 5.91 Å². The molecule has 2 aromatic rings. The van der Waals surface area contributed by atoms with E-state index in [0.717, 1.165) is 57.0 Å². The fourth-order valence-corrected chi connectivity index (χ4v) is 3.55. The summed E-state index contributed by atoms with van der Waals surface area (Å²) in [5.74, 6) is -3.66. The Bertz CT molecular complexity index is 908. The molecule has 0 bridgehead atoms. The van der Waals surface area contributed by atoms with Crippen molar-refractivity contribution < 1.29 is 23.1 Å². The second-order valence-electron chi connectivity index (χ2n) is 8.18. The molecule has 8 heteroatoms. The number of carbonyl (C=O) groups is 2. The van der Waals surface area contributed by atoms with Gasteiger partial charge in [-0.25, -0.2) is 8.78 Å². The van der Waals surface area contributed by atoms with Crippen molar-refractivity contribution in [3.63, 3.8) is 0 Å². The van der Waals surface area contributed by atoms with Gasteiger partial charge < -0.3 is 15.4 Å². The van der Waals surface area contributed by atoms with Crippen LogP contribution in [0.15, 0.2) is 42.5 Å². The van der Waals surface area contributed by atoms with Gasteiger partial charge in [-0.3, -0.25) is 14.5 Å². The third-order valence-corrected chi connectivity index (χ3v) is 5.47. The van der Waals surface area contributed by atoms with E-state index in [-0.39, 0.29) is 5.92 Å². The third kappa shape index (κ3) is 6.34. The second kappa shape index (κ2) is 11.2. The smallest absolute Gasteiger partial charge is 0.257 e. The number of benzene rings is 2. The lowest BCUT2D eigenvalue weighted by Crippen LogP contribution is -2.47. The van der Waals surface area contributed by atoms with Gasteiger partial charge in [0, 0.05) is 25.3 Å². The fourth-order valence-electron chi connectivity index (χ4n) is 3.55. The van der Waals surface area contributed by atoms with E-state index in [2.05, 4.69) is 15.5 Å². The highest BCUT2D eigenvalue weighted by Crippen LogP contribution is 2.15. The Morgan fingerprint density at radius 3 is 2.25 bits per heavy atom. The third-order valence-electron chi connectivity index (χ3n) is 5.47. The number of halogens is 2. The summed E-state index contributed by atoms with van der Waals surface area (Å²) in [5, 5.41) is 5.23. The Labute approximate surface area is 186 Å². The molecule has 1 saturated heterocycles. The van der Waals surface area contributed by atoms with Gasteiger partial charge in [-0.05, 0) is 42.2 Å². The van der Waals surface area contributed by atoms with Crippen molar-refractivity contribution in [1.29, 1.82) is 0 Å². The molecule has 3 rings (SSSR count).